The predicted octanol–water partition coefficient (Wildman–Crippen LogP) is 4.64. The Morgan fingerprint density at radius 3 is 2.58 bits per heavy atom. The van der Waals surface area contributed by atoms with Gasteiger partial charge in [-0.2, -0.15) is 0 Å². The van der Waals surface area contributed by atoms with Gasteiger partial charge in [-0.15, -0.1) is 24.0 Å². The number of aromatic nitrogens is 1. The minimum atomic E-state index is 0. The van der Waals surface area contributed by atoms with Gasteiger partial charge in [-0.3, -0.25) is 4.99 Å². The van der Waals surface area contributed by atoms with Crippen LogP contribution in [0.25, 0.3) is 10.9 Å². The highest BCUT2D eigenvalue weighted by Crippen LogP contribution is 2.35. The molecule has 178 valence electrons. The Balaban J connectivity index is 0.00000306. The molecule has 2 heterocycles. The lowest BCUT2D eigenvalue weighted by Crippen LogP contribution is -2.48. The Labute approximate surface area is 213 Å². The van der Waals surface area contributed by atoms with E-state index in [4.69, 9.17) is 9.47 Å². The topological polar surface area (TPSA) is 70.7 Å². The Morgan fingerprint density at radius 1 is 1.09 bits per heavy atom. The summed E-state index contributed by atoms with van der Waals surface area (Å²) in [5.74, 6) is 1.75. The number of hydrogen-bond donors (Lipinski definition) is 3. The lowest BCUT2D eigenvalue weighted by atomic mass is 9.74. The Bertz CT molecular complexity index is 1030. The Hall–Kier alpha value is -2.26. The SMILES string of the molecule is CCOc1ccc(C2(CNC(=NC)NCCc3c[nH]c4ccccc34)CCOCC2)cc1.I. The van der Waals surface area contributed by atoms with Crippen molar-refractivity contribution in [1.29, 1.82) is 0 Å². The maximum Gasteiger partial charge on any atom is 0.191 e. The monoisotopic (exact) mass is 562 g/mol. The van der Waals surface area contributed by atoms with E-state index in [0.717, 1.165) is 57.3 Å². The summed E-state index contributed by atoms with van der Waals surface area (Å²) in [5.41, 5.74) is 3.85. The molecule has 6 nitrogen and oxygen atoms in total. The number of nitrogens with zero attached hydrogens (tertiary/aromatic N) is 1. The first-order valence-electron chi connectivity index (χ1n) is 11.5. The number of guanidine groups is 1. The summed E-state index contributed by atoms with van der Waals surface area (Å²) in [6.45, 7) is 5.89. The number of para-hydroxylation sites is 1. The van der Waals surface area contributed by atoms with Crippen molar-refractivity contribution in [1.82, 2.24) is 15.6 Å². The number of rotatable bonds is 8. The number of ether oxygens (including phenoxy) is 2. The quantitative estimate of drug-likeness (QED) is 0.213. The van der Waals surface area contributed by atoms with Gasteiger partial charge in [0.25, 0.3) is 0 Å². The van der Waals surface area contributed by atoms with Crippen LogP contribution in [-0.4, -0.2) is 50.9 Å². The molecule has 3 N–H and O–H groups in total. The zero-order chi connectivity index (χ0) is 22.2. The Kier molecular flexibility index (Phi) is 9.43. The third-order valence-electron chi connectivity index (χ3n) is 6.41. The van der Waals surface area contributed by atoms with Gasteiger partial charge in [0.05, 0.1) is 6.61 Å². The molecule has 1 fully saturated rings. The lowest BCUT2D eigenvalue weighted by Gasteiger charge is -2.38. The van der Waals surface area contributed by atoms with Crippen molar-refractivity contribution in [3.63, 3.8) is 0 Å². The minimum absolute atomic E-state index is 0. The fraction of sp³-hybridized carbons (Fsp3) is 0.423. The van der Waals surface area contributed by atoms with Crippen LogP contribution in [0.3, 0.4) is 0 Å². The molecule has 1 aromatic heterocycles. The van der Waals surface area contributed by atoms with Crippen molar-refractivity contribution in [3.8, 4) is 5.75 Å². The molecule has 1 aliphatic rings. The minimum Gasteiger partial charge on any atom is -0.494 e. The molecule has 33 heavy (non-hydrogen) atoms. The van der Waals surface area contributed by atoms with Gasteiger partial charge in [0.2, 0.25) is 0 Å². The normalized spacial score (nSPS) is 15.6. The van der Waals surface area contributed by atoms with E-state index >= 15 is 0 Å². The molecule has 0 saturated carbocycles. The first-order valence-corrected chi connectivity index (χ1v) is 11.5. The summed E-state index contributed by atoms with van der Waals surface area (Å²) < 4.78 is 11.3. The van der Waals surface area contributed by atoms with E-state index in [1.807, 2.05) is 14.0 Å². The van der Waals surface area contributed by atoms with Gasteiger partial charge < -0.3 is 25.1 Å². The van der Waals surface area contributed by atoms with Crippen molar-refractivity contribution in [2.24, 2.45) is 4.99 Å². The molecule has 4 rings (SSSR count). The maximum atomic E-state index is 5.68. The third-order valence-corrected chi connectivity index (χ3v) is 6.41. The van der Waals surface area contributed by atoms with Crippen LogP contribution < -0.4 is 15.4 Å². The smallest absolute Gasteiger partial charge is 0.191 e. The summed E-state index contributed by atoms with van der Waals surface area (Å²) in [6, 6.07) is 17.0. The van der Waals surface area contributed by atoms with E-state index in [1.165, 1.54) is 22.0 Å². The lowest BCUT2D eigenvalue weighted by molar-refractivity contribution is 0.0513. The molecule has 1 aliphatic heterocycles. The van der Waals surface area contributed by atoms with Crippen LogP contribution in [-0.2, 0) is 16.6 Å². The number of halogens is 1. The molecular formula is C26H35IN4O2. The number of nitrogens with one attached hydrogen (secondary N) is 3. The van der Waals surface area contributed by atoms with Crippen molar-refractivity contribution in [3.05, 3.63) is 65.9 Å². The average Bonchev–Trinajstić information content (AvgIpc) is 3.25. The van der Waals surface area contributed by atoms with Gasteiger partial charge in [0.15, 0.2) is 5.96 Å². The molecule has 0 spiro atoms. The van der Waals surface area contributed by atoms with E-state index in [9.17, 15) is 0 Å². The number of benzene rings is 2. The highest BCUT2D eigenvalue weighted by atomic mass is 127. The molecule has 0 atom stereocenters. The van der Waals surface area contributed by atoms with Gasteiger partial charge in [0.1, 0.15) is 5.75 Å². The summed E-state index contributed by atoms with van der Waals surface area (Å²) in [7, 11) is 1.83. The second-order valence-electron chi connectivity index (χ2n) is 8.31. The molecule has 0 bridgehead atoms. The van der Waals surface area contributed by atoms with Crippen LogP contribution >= 0.6 is 24.0 Å². The second kappa shape index (κ2) is 12.3. The standard InChI is InChI=1S/C26H34N4O2.HI/c1-3-32-22-10-8-21(9-11-22)26(13-16-31-17-14-26)19-30-25(27-2)28-15-12-20-18-29-24-7-5-4-6-23(20)24;/h4-11,18,29H,3,12-17,19H2,1-2H3,(H2,27,28,30);1H. The number of fused-ring (bicyclic) bond motifs is 1. The second-order valence-corrected chi connectivity index (χ2v) is 8.31. The van der Waals surface area contributed by atoms with Gasteiger partial charge in [-0.1, -0.05) is 30.3 Å². The van der Waals surface area contributed by atoms with Crippen molar-refractivity contribution < 1.29 is 9.47 Å². The van der Waals surface area contributed by atoms with E-state index in [1.54, 1.807) is 0 Å². The van der Waals surface area contributed by atoms with E-state index in [2.05, 4.69) is 75.3 Å². The largest absolute Gasteiger partial charge is 0.494 e. The van der Waals surface area contributed by atoms with Gasteiger partial charge in [-0.05, 0) is 55.5 Å². The fourth-order valence-electron chi connectivity index (χ4n) is 4.53. The van der Waals surface area contributed by atoms with E-state index in [0.29, 0.717) is 6.61 Å². The van der Waals surface area contributed by atoms with E-state index < -0.39 is 0 Å². The van der Waals surface area contributed by atoms with Crippen LogP contribution in [0.4, 0.5) is 0 Å². The van der Waals surface area contributed by atoms with Crippen LogP contribution in [0.15, 0.2) is 59.7 Å². The average molecular weight is 562 g/mol. The number of H-pyrrole nitrogens is 1. The number of aromatic amines is 1. The van der Waals surface area contributed by atoms with Gasteiger partial charge in [0, 0.05) is 55.9 Å². The summed E-state index contributed by atoms with van der Waals surface area (Å²) in [6.07, 6.45) is 5.01. The molecule has 1 saturated heterocycles. The third kappa shape index (κ3) is 6.20. The van der Waals surface area contributed by atoms with Crippen molar-refractivity contribution >= 4 is 40.8 Å². The van der Waals surface area contributed by atoms with Gasteiger partial charge in [-0.25, -0.2) is 0 Å². The van der Waals surface area contributed by atoms with E-state index in [-0.39, 0.29) is 29.4 Å². The molecule has 0 unspecified atom stereocenters. The van der Waals surface area contributed by atoms with Crippen LogP contribution in [0.2, 0.25) is 0 Å². The molecule has 3 aromatic rings. The van der Waals surface area contributed by atoms with Crippen LogP contribution in [0, 0.1) is 0 Å². The molecule has 0 amide bonds. The maximum absolute atomic E-state index is 5.68. The van der Waals surface area contributed by atoms with Crippen molar-refractivity contribution in [2.45, 2.75) is 31.6 Å². The summed E-state index contributed by atoms with van der Waals surface area (Å²) in [4.78, 5) is 7.80. The summed E-state index contributed by atoms with van der Waals surface area (Å²) in [5, 5.41) is 8.35. The highest BCUT2D eigenvalue weighted by Gasteiger charge is 2.34. The van der Waals surface area contributed by atoms with Crippen LogP contribution in [0.1, 0.15) is 30.9 Å². The number of aliphatic imine (C=N–C) groups is 1. The van der Waals surface area contributed by atoms with Crippen molar-refractivity contribution in [2.75, 3.05) is 40.0 Å². The molecular weight excluding hydrogens is 527 g/mol. The number of hydrogen-bond acceptors (Lipinski definition) is 3. The first kappa shape index (κ1) is 25.4. The fourth-order valence-corrected chi connectivity index (χ4v) is 4.53. The van der Waals surface area contributed by atoms with Gasteiger partial charge >= 0.3 is 0 Å². The zero-order valence-electron chi connectivity index (χ0n) is 19.5. The molecule has 0 aliphatic carbocycles. The first-order chi connectivity index (χ1) is 15.7. The summed E-state index contributed by atoms with van der Waals surface area (Å²) >= 11 is 0. The van der Waals surface area contributed by atoms with Crippen LogP contribution in [0.5, 0.6) is 5.75 Å². The zero-order valence-corrected chi connectivity index (χ0v) is 21.9. The molecule has 0 radical (unpaired) electrons. The molecule has 7 heteroatoms. The molecule has 2 aromatic carbocycles. The Morgan fingerprint density at radius 2 is 1.85 bits per heavy atom. The predicted molar refractivity (Wildman–Crippen MR) is 146 cm³/mol. The highest BCUT2D eigenvalue weighted by molar-refractivity contribution is 14.0.